The van der Waals surface area contributed by atoms with Crippen molar-refractivity contribution in [1.29, 1.82) is 0 Å². The van der Waals surface area contributed by atoms with Gasteiger partial charge in [0.15, 0.2) is 5.96 Å². The maximum absolute atomic E-state index is 12.0. The molecule has 1 unspecified atom stereocenters. The maximum Gasteiger partial charge on any atom is 0.225 e. The summed E-state index contributed by atoms with van der Waals surface area (Å²) in [6.07, 6.45) is 0.482. The van der Waals surface area contributed by atoms with Crippen LogP contribution in [0.25, 0.3) is 0 Å². The van der Waals surface area contributed by atoms with E-state index < -0.39 is 0 Å². The van der Waals surface area contributed by atoms with Crippen LogP contribution in [0.15, 0.2) is 53.5 Å². The predicted octanol–water partition coefficient (Wildman–Crippen LogP) is 3.55. The minimum Gasteiger partial charge on any atom is -0.357 e. The molecule has 0 aliphatic carbocycles. The van der Waals surface area contributed by atoms with Crippen LogP contribution in [0, 0.1) is 0 Å². The molecule has 3 N–H and O–H groups in total. The summed E-state index contributed by atoms with van der Waals surface area (Å²) in [6, 6.07) is 16.5. The molecule has 1 atom stereocenters. The Kier molecular flexibility index (Phi) is 9.58. The number of anilines is 1. The Balaban J connectivity index is 0.00000320. The molecule has 3 rings (SSSR count). The fourth-order valence-electron chi connectivity index (χ4n) is 3.61. The third-order valence-corrected chi connectivity index (χ3v) is 4.88. The Labute approximate surface area is 196 Å². The number of guanidine groups is 1. The smallest absolute Gasteiger partial charge is 0.225 e. The minimum absolute atomic E-state index is 0. The van der Waals surface area contributed by atoms with E-state index >= 15 is 0 Å². The molecular formula is C23H32IN5O. The van der Waals surface area contributed by atoms with E-state index in [1.165, 1.54) is 16.7 Å². The van der Waals surface area contributed by atoms with Crippen molar-refractivity contribution in [1.82, 2.24) is 15.5 Å². The van der Waals surface area contributed by atoms with Gasteiger partial charge >= 0.3 is 0 Å². The van der Waals surface area contributed by atoms with Crippen molar-refractivity contribution in [2.45, 2.75) is 32.4 Å². The van der Waals surface area contributed by atoms with Gasteiger partial charge in [-0.05, 0) is 43.8 Å². The van der Waals surface area contributed by atoms with Crippen LogP contribution in [0.2, 0.25) is 0 Å². The first-order chi connectivity index (χ1) is 14.0. The van der Waals surface area contributed by atoms with E-state index in [4.69, 9.17) is 4.99 Å². The molecule has 2 aromatic carbocycles. The summed E-state index contributed by atoms with van der Waals surface area (Å²) in [5, 5.41) is 9.68. The molecule has 0 aromatic heterocycles. The Morgan fingerprint density at radius 3 is 2.67 bits per heavy atom. The zero-order valence-electron chi connectivity index (χ0n) is 17.9. The minimum atomic E-state index is 0. The van der Waals surface area contributed by atoms with E-state index in [1.807, 2.05) is 18.2 Å². The second kappa shape index (κ2) is 11.9. The van der Waals surface area contributed by atoms with Gasteiger partial charge in [0.25, 0.3) is 0 Å². The molecule has 2 aromatic rings. The summed E-state index contributed by atoms with van der Waals surface area (Å²) in [5.74, 6) is 0.969. The molecule has 6 nitrogen and oxygen atoms in total. The van der Waals surface area contributed by atoms with Gasteiger partial charge in [-0.3, -0.25) is 4.79 Å². The fourth-order valence-corrected chi connectivity index (χ4v) is 3.61. The molecule has 0 radical (unpaired) electrons. The summed E-state index contributed by atoms with van der Waals surface area (Å²) in [5.41, 5.74) is 4.55. The number of fused-ring (bicyclic) bond motifs is 1. The van der Waals surface area contributed by atoms with Gasteiger partial charge in [-0.1, -0.05) is 42.5 Å². The molecular weight excluding hydrogens is 489 g/mol. The van der Waals surface area contributed by atoms with Crippen molar-refractivity contribution in [3.8, 4) is 0 Å². The molecule has 0 spiro atoms. The number of halogens is 1. The number of nitrogens with zero attached hydrogens (tertiary/aromatic N) is 2. The molecule has 7 heteroatoms. The fraction of sp³-hybridized carbons (Fsp3) is 0.391. The van der Waals surface area contributed by atoms with E-state index in [2.05, 4.69) is 72.2 Å². The molecule has 0 saturated carbocycles. The monoisotopic (exact) mass is 521 g/mol. The van der Waals surface area contributed by atoms with Gasteiger partial charge < -0.3 is 20.9 Å². The molecule has 162 valence electrons. The van der Waals surface area contributed by atoms with Crippen molar-refractivity contribution in [2.75, 3.05) is 32.5 Å². The predicted molar refractivity (Wildman–Crippen MR) is 134 cm³/mol. The van der Waals surface area contributed by atoms with E-state index in [1.54, 1.807) is 0 Å². The van der Waals surface area contributed by atoms with Crippen molar-refractivity contribution in [2.24, 2.45) is 4.99 Å². The lowest BCUT2D eigenvalue weighted by atomic mass is 9.90. The van der Waals surface area contributed by atoms with Crippen molar-refractivity contribution < 1.29 is 4.79 Å². The summed E-state index contributed by atoms with van der Waals surface area (Å²) >= 11 is 0. The average Bonchev–Trinajstić information content (AvgIpc) is 2.69. The third kappa shape index (κ3) is 6.98. The molecule has 1 aliphatic rings. The van der Waals surface area contributed by atoms with Gasteiger partial charge in [0.05, 0.1) is 6.54 Å². The lowest BCUT2D eigenvalue weighted by Gasteiger charge is -2.26. The molecule has 1 amide bonds. The van der Waals surface area contributed by atoms with Gasteiger partial charge in [0.1, 0.15) is 0 Å². The van der Waals surface area contributed by atoms with Crippen LogP contribution >= 0.6 is 24.0 Å². The van der Waals surface area contributed by atoms with E-state index in [-0.39, 0.29) is 35.8 Å². The molecule has 1 aliphatic heterocycles. The number of carbonyl (C=O) groups is 1. The molecule has 0 fully saturated rings. The van der Waals surface area contributed by atoms with Gasteiger partial charge in [-0.25, -0.2) is 4.99 Å². The van der Waals surface area contributed by atoms with Crippen LogP contribution in [-0.4, -0.2) is 44.0 Å². The van der Waals surface area contributed by atoms with Crippen molar-refractivity contribution in [3.63, 3.8) is 0 Å². The number of carbonyl (C=O) groups excluding carboxylic acids is 1. The van der Waals surface area contributed by atoms with E-state index in [0.29, 0.717) is 19.5 Å². The quantitative estimate of drug-likeness (QED) is 0.296. The third-order valence-electron chi connectivity index (χ3n) is 4.88. The summed E-state index contributed by atoms with van der Waals surface area (Å²) < 4.78 is 0. The van der Waals surface area contributed by atoms with Gasteiger partial charge in [-0.2, -0.15) is 0 Å². The highest BCUT2D eigenvalue weighted by atomic mass is 127. The van der Waals surface area contributed by atoms with Crippen molar-refractivity contribution >= 4 is 41.5 Å². The largest absolute Gasteiger partial charge is 0.357 e. The molecule has 0 bridgehead atoms. The normalized spacial score (nSPS) is 15.8. The van der Waals surface area contributed by atoms with Crippen molar-refractivity contribution in [3.05, 3.63) is 65.2 Å². The molecule has 0 saturated heterocycles. The van der Waals surface area contributed by atoms with Crippen LogP contribution < -0.4 is 16.0 Å². The highest BCUT2D eigenvalue weighted by molar-refractivity contribution is 14.0. The summed E-state index contributed by atoms with van der Waals surface area (Å²) in [4.78, 5) is 18.9. The molecule has 1 heterocycles. The Morgan fingerprint density at radius 1 is 1.13 bits per heavy atom. The van der Waals surface area contributed by atoms with Gasteiger partial charge in [0, 0.05) is 37.7 Å². The van der Waals surface area contributed by atoms with Gasteiger partial charge in [0.2, 0.25) is 5.91 Å². The average molecular weight is 521 g/mol. The first-order valence-corrected chi connectivity index (χ1v) is 10.2. The number of hydrogen-bond donors (Lipinski definition) is 3. The summed E-state index contributed by atoms with van der Waals surface area (Å²) in [6.45, 7) is 5.03. The first kappa shape index (κ1) is 24.1. The maximum atomic E-state index is 12.0. The zero-order valence-corrected chi connectivity index (χ0v) is 20.3. The SMILES string of the molecule is CCNC(=NCc1cccc(CN(C)C)c1)NCC1CC(=O)Nc2ccccc21.I. The number of rotatable bonds is 7. The van der Waals surface area contributed by atoms with Crippen LogP contribution in [0.5, 0.6) is 0 Å². The Morgan fingerprint density at radius 2 is 1.90 bits per heavy atom. The van der Waals surface area contributed by atoms with Crippen LogP contribution in [0.1, 0.15) is 36.0 Å². The number of hydrogen-bond acceptors (Lipinski definition) is 3. The van der Waals surface area contributed by atoms with Gasteiger partial charge in [-0.15, -0.1) is 24.0 Å². The first-order valence-electron chi connectivity index (χ1n) is 10.2. The number of amides is 1. The second-order valence-corrected chi connectivity index (χ2v) is 7.67. The van der Waals surface area contributed by atoms with Crippen LogP contribution in [0.3, 0.4) is 0 Å². The van der Waals surface area contributed by atoms with E-state index in [0.717, 1.165) is 24.7 Å². The lowest BCUT2D eigenvalue weighted by molar-refractivity contribution is -0.116. The number of aliphatic imine (C=N–C) groups is 1. The topological polar surface area (TPSA) is 68.8 Å². The Bertz CT molecular complexity index is 868. The Hall–Kier alpha value is -2.13. The lowest BCUT2D eigenvalue weighted by Crippen LogP contribution is -2.40. The van der Waals surface area contributed by atoms with E-state index in [9.17, 15) is 4.79 Å². The number of para-hydroxylation sites is 1. The number of benzene rings is 2. The van der Waals surface area contributed by atoms with Crippen LogP contribution in [-0.2, 0) is 17.9 Å². The zero-order chi connectivity index (χ0) is 20.6. The molecule has 30 heavy (non-hydrogen) atoms. The highest BCUT2D eigenvalue weighted by Crippen LogP contribution is 2.31. The highest BCUT2D eigenvalue weighted by Gasteiger charge is 2.24. The number of nitrogens with one attached hydrogen (secondary N) is 3. The van der Waals surface area contributed by atoms with Crippen LogP contribution in [0.4, 0.5) is 5.69 Å². The second-order valence-electron chi connectivity index (χ2n) is 7.67. The summed E-state index contributed by atoms with van der Waals surface area (Å²) in [7, 11) is 4.14. The standard InChI is InChI=1S/C23H31N5O.HI/c1-4-24-23(25-14-17-8-7-9-18(12-17)16-28(2)3)26-15-19-13-22(29)27-21-11-6-5-10-20(19)21;/h5-12,19H,4,13-16H2,1-3H3,(H,27,29)(H2,24,25,26);1H.